The summed E-state index contributed by atoms with van der Waals surface area (Å²) in [6.45, 7) is 4.43. The molecular formula is C17H21N3O3. The Morgan fingerprint density at radius 1 is 1.43 bits per heavy atom. The van der Waals surface area contributed by atoms with E-state index in [1.54, 1.807) is 6.07 Å². The summed E-state index contributed by atoms with van der Waals surface area (Å²) in [6.07, 6.45) is 2.03. The average molecular weight is 315 g/mol. The summed E-state index contributed by atoms with van der Waals surface area (Å²) in [7, 11) is 0. The molecule has 1 amide bonds. The summed E-state index contributed by atoms with van der Waals surface area (Å²) in [6, 6.07) is 7.24. The highest BCUT2D eigenvalue weighted by Crippen LogP contribution is 2.15. The second-order valence-corrected chi connectivity index (χ2v) is 6.00. The number of fused-ring (bicyclic) bond motifs is 1. The van der Waals surface area contributed by atoms with E-state index in [0.29, 0.717) is 5.39 Å². The molecule has 2 atom stereocenters. The maximum Gasteiger partial charge on any atom is 0.275 e. The molecule has 0 radical (unpaired) electrons. The lowest BCUT2D eigenvalue weighted by Gasteiger charge is -2.20. The van der Waals surface area contributed by atoms with Gasteiger partial charge in [-0.05, 0) is 32.8 Å². The van der Waals surface area contributed by atoms with Crippen LogP contribution >= 0.6 is 0 Å². The smallest absolute Gasteiger partial charge is 0.275 e. The Bertz CT molecular complexity index is 778. The van der Waals surface area contributed by atoms with E-state index in [2.05, 4.69) is 10.4 Å². The highest BCUT2D eigenvalue weighted by molar-refractivity contribution is 5.83. The average Bonchev–Trinajstić information content (AvgIpc) is 3.07. The van der Waals surface area contributed by atoms with E-state index in [1.807, 2.05) is 32.0 Å². The molecule has 1 aliphatic rings. The molecule has 1 saturated heterocycles. The maximum atomic E-state index is 12.5. The minimum atomic E-state index is -0.244. The van der Waals surface area contributed by atoms with Crippen molar-refractivity contribution in [3.05, 3.63) is 40.3 Å². The molecule has 6 nitrogen and oxygen atoms in total. The molecule has 0 unspecified atom stereocenters. The molecular weight excluding hydrogens is 294 g/mol. The molecule has 0 aliphatic carbocycles. The molecule has 1 aromatic carbocycles. The SMILES string of the molecule is Cc1nn(CC(=O)N[C@H](C)[C@H]2CCCO2)c(=O)c2ccccc12. The van der Waals surface area contributed by atoms with E-state index in [1.165, 1.54) is 4.68 Å². The Morgan fingerprint density at radius 2 is 2.17 bits per heavy atom. The Morgan fingerprint density at radius 3 is 2.87 bits per heavy atom. The van der Waals surface area contributed by atoms with E-state index >= 15 is 0 Å². The van der Waals surface area contributed by atoms with E-state index in [9.17, 15) is 9.59 Å². The molecule has 1 fully saturated rings. The first-order valence-electron chi connectivity index (χ1n) is 7.93. The number of hydrogen-bond donors (Lipinski definition) is 1. The van der Waals surface area contributed by atoms with Gasteiger partial charge in [-0.2, -0.15) is 5.10 Å². The molecule has 0 bridgehead atoms. The van der Waals surface area contributed by atoms with Crippen molar-refractivity contribution in [1.29, 1.82) is 0 Å². The zero-order chi connectivity index (χ0) is 16.4. The minimum absolute atomic E-state index is 0.0574. The second kappa shape index (κ2) is 6.50. The molecule has 2 heterocycles. The quantitative estimate of drug-likeness (QED) is 0.925. The van der Waals surface area contributed by atoms with Gasteiger partial charge in [-0.25, -0.2) is 4.68 Å². The molecule has 1 N–H and O–H groups in total. The normalized spacial score (nSPS) is 19.0. The number of ether oxygens (including phenoxy) is 1. The van der Waals surface area contributed by atoms with Gasteiger partial charge < -0.3 is 10.1 Å². The number of benzene rings is 1. The van der Waals surface area contributed by atoms with Gasteiger partial charge in [0.05, 0.1) is 23.2 Å². The molecule has 6 heteroatoms. The number of nitrogens with zero attached hydrogens (tertiary/aromatic N) is 2. The third-order valence-electron chi connectivity index (χ3n) is 4.26. The number of rotatable bonds is 4. The zero-order valence-corrected chi connectivity index (χ0v) is 13.4. The number of hydrogen-bond acceptors (Lipinski definition) is 4. The summed E-state index contributed by atoms with van der Waals surface area (Å²) >= 11 is 0. The summed E-state index contributed by atoms with van der Waals surface area (Å²) < 4.78 is 6.80. The molecule has 1 aromatic heterocycles. The predicted molar refractivity (Wildman–Crippen MR) is 87.3 cm³/mol. The van der Waals surface area contributed by atoms with Crippen LogP contribution in [0.5, 0.6) is 0 Å². The second-order valence-electron chi connectivity index (χ2n) is 6.00. The monoisotopic (exact) mass is 315 g/mol. The van der Waals surface area contributed by atoms with Gasteiger partial charge in [0.2, 0.25) is 5.91 Å². The summed E-state index contributed by atoms with van der Waals surface area (Å²) in [5.74, 6) is -0.225. The van der Waals surface area contributed by atoms with Gasteiger partial charge in [0.15, 0.2) is 0 Å². The van der Waals surface area contributed by atoms with E-state index < -0.39 is 0 Å². The van der Waals surface area contributed by atoms with Crippen LogP contribution in [-0.2, 0) is 16.1 Å². The Labute approximate surface area is 134 Å². The van der Waals surface area contributed by atoms with E-state index in [4.69, 9.17) is 4.74 Å². The van der Waals surface area contributed by atoms with Crippen LogP contribution < -0.4 is 10.9 Å². The number of carbonyl (C=O) groups is 1. The van der Waals surface area contributed by atoms with Crippen LogP contribution in [0.25, 0.3) is 10.8 Å². The minimum Gasteiger partial charge on any atom is -0.376 e. The van der Waals surface area contributed by atoms with Gasteiger partial charge in [0, 0.05) is 12.0 Å². The first-order chi connectivity index (χ1) is 11.1. The maximum absolute atomic E-state index is 12.5. The van der Waals surface area contributed by atoms with Crippen LogP contribution in [-0.4, -0.2) is 34.4 Å². The molecule has 1 aliphatic heterocycles. The highest BCUT2D eigenvalue weighted by Gasteiger charge is 2.24. The van der Waals surface area contributed by atoms with Crippen molar-refractivity contribution in [2.75, 3.05) is 6.61 Å². The fraction of sp³-hybridized carbons (Fsp3) is 0.471. The number of nitrogens with one attached hydrogen (secondary N) is 1. The lowest BCUT2D eigenvalue weighted by molar-refractivity contribution is -0.123. The van der Waals surface area contributed by atoms with Crippen LogP contribution in [0.2, 0.25) is 0 Å². The lowest BCUT2D eigenvalue weighted by atomic mass is 10.1. The van der Waals surface area contributed by atoms with Crippen molar-refractivity contribution in [2.24, 2.45) is 0 Å². The van der Waals surface area contributed by atoms with Crippen LogP contribution in [0.15, 0.2) is 29.1 Å². The molecule has 2 aromatic rings. The van der Waals surface area contributed by atoms with E-state index in [-0.39, 0.29) is 30.2 Å². The third-order valence-corrected chi connectivity index (χ3v) is 4.26. The molecule has 3 rings (SSSR count). The van der Waals surface area contributed by atoms with Crippen LogP contribution in [0, 0.1) is 6.92 Å². The van der Waals surface area contributed by atoms with Crippen molar-refractivity contribution in [1.82, 2.24) is 15.1 Å². The van der Waals surface area contributed by atoms with E-state index in [0.717, 1.165) is 30.5 Å². The van der Waals surface area contributed by atoms with Crippen molar-refractivity contribution in [3.63, 3.8) is 0 Å². The van der Waals surface area contributed by atoms with Crippen LogP contribution in [0.3, 0.4) is 0 Å². The van der Waals surface area contributed by atoms with Crippen molar-refractivity contribution in [2.45, 2.75) is 45.4 Å². The van der Waals surface area contributed by atoms with Gasteiger partial charge in [-0.3, -0.25) is 9.59 Å². The molecule has 23 heavy (non-hydrogen) atoms. The molecule has 122 valence electrons. The van der Waals surface area contributed by atoms with Gasteiger partial charge in [-0.15, -0.1) is 0 Å². The standard InChI is InChI=1S/C17H21N3O3/c1-11-13-6-3-4-7-14(13)17(22)20(19-11)10-16(21)18-12(2)15-8-5-9-23-15/h3-4,6-7,12,15H,5,8-10H2,1-2H3,(H,18,21)/t12-,15-/m1/s1. The van der Waals surface area contributed by atoms with Crippen molar-refractivity contribution in [3.8, 4) is 0 Å². The van der Waals surface area contributed by atoms with Crippen molar-refractivity contribution < 1.29 is 9.53 Å². The first kappa shape index (κ1) is 15.7. The van der Waals surface area contributed by atoms with Crippen LogP contribution in [0.4, 0.5) is 0 Å². The van der Waals surface area contributed by atoms with Gasteiger partial charge in [0.1, 0.15) is 6.54 Å². The molecule has 0 saturated carbocycles. The largest absolute Gasteiger partial charge is 0.376 e. The number of aryl methyl sites for hydroxylation is 1. The lowest BCUT2D eigenvalue weighted by Crippen LogP contribution is -2.43. The molecule has 0 spiro atoms. The Hall–Kier alpha value is -2.21. The van der Waals surface area contributed by atoms with Crippen LogP contribution in [0.1, 0.15) is 25.5 Å². The number of aromatic nitrogens is 2. The summed E-state index contributed by atoms with van der Waals surface area (Å²) in [5, 5.41) is 8.56. The fourth-order valence-electron chi connectivity index (χ4n) is 3.04. The summed E-state index contributed by atoms with van der Waals surface area (Å²) in [4.78, 5) is 24.7. The zero-order valence-electron chi connectivity index (χ0n) is 13.4. The van der Waals surface area contributed by atoms with Gasteiger partial charge in [0.25, 0.3) is 5.56 Å². The topological polar surface area (TPSA) is 73.2 Å². The predicted octanol–water partition coefficient (Wildman–Crippen LogP) is 1.39. The Balaban J connectivity index is 1.77. The number of carbonyl (C=O) groups excluding carboxylic acids is 1. The van der Waals surface area contributed by atoms with Gasteiger partial charge in [-0.1, -0.05) is 18.2 Å². The summed E-state index contributed by atoms with van der Waals surface area (Å²) in [5.41, 5.74) is 0.492. The van der Waals surface area contributed by atoms with Crippen molar-refractivity contribution >= 4 is 16.7 Å². The number of amides is 1. The fourth-order valence-corrected chi connectivity index (χ4v) is 3.04. The Kier molecular flexibility index (Phi) is 4.43. The van der Waals surface area contributed by atoms with Gasteiger partial charge >= 0.3 is 0 Å². The first-order valence-corrected chi connectivity index (χ1v) is 7.93. The third kappa shape index (κ3) is 3.27. The highest BCUT2D eigenvalue weighted by atomic mass is 16.5.